The van der Waals surface area contributed by atoms with E-state index >= 15 is 0 Å². The van der Waals surface area contributed by atoms with Crippen LogP contribution in [0.4, 0.5) is 4.39 Å². The number of rotatable bonds is 2. The minimum absolute atomic E-state index is 0.0638. The van der Waals surface area contributed by atoms with E-state index in [0.29, 0.717) is 6.54 Å². The molecule has 0 aliphatic carbocycles. The quantitative estimate of drug-likeness (QED) is 0.477. The average molecular weight is 406 g/mol. The van der Waals surface area contributed by atoms with Gasteiger partial charge in [-0.05, 0) is 49.4 Å². The molecule has 1 aliphatic heterocycles. The van der Waals surface area contributed by atoms with E-state index in [0.717, 1.165) is 33.1 Å². The molecule has 0 amide bonds. The zero-order valence-electron chi connectivity index (χ0n) is 16.1. The van der Waals surface area contributed by atoms with Gasteiger partial charge >= 0.3 is 5.69 Å². The lowest BCUT2D eigenvalue weighted by atomic mass is 9.94. The number of aromatic nitrogens is 3. The van der Waals surface area contributed by atoms with Crippen LogP contribution in [0.15, 0.2) is 58.1 Å². The number of benzene rings is 2. The monoisotopic (exact) mass is 406 g/mol. The van der Waals surface area contributed by atoms with Crippen molar-refractivity contribution in [3.63, 3.8) is 0 Å². The number of aromatic hydroxyl groups is 1. The van der Waals surface area contributed by atoms with Crippen LogP contribution < -0.4 is 11.2 Å². The largest absolute Gasteiger partial charge is 0.494 e. The predicted molar refractivity (Wildman–Crippen MR) is 111 cm³/mol. The fourth-order valence-electron chi connectivity index (χ4n) is 4.34. The number of para-hydroxylation sites is 1. The predicted octanol–water partition coefficient (Wildman–Crippen LogP) is 2.43. The number of nitrogens with zero attached hydrogens (tertiary/aromatic N) is 2. The van der Waals surface area contributed by atoms with Crippen LogP contribution in [0, 0.1) is 5.82 Å². The summed E-state index contributed by atoms with van der Waals surface area (Å²) in [6, 6.07) is 12.4. The second kappa shape index (κ2) is 6.70. The lowest BCUT2D eigenvalue weighted by Crippen LogP contribution is -2.39. The number of halogens is 1. The van der Waals surface area contributed by atoms with Gasteiger partial charge in [-0.2, -0.15) is 0 Å². The molecule has 2 aromatic heterocycles. The van der Waals surface area contributed by atoms with Gasteiger partial charge in [0.05, 0.1) is 11.7 Å². The van der Waals surface area contributed by atoms with E-state index in [-0.39, 0.29) is 11.3 Å². The molecule has 3 N–H and O–H groups in total. The van der Waals surface area contributed by atoms with Crippen LogP contribution in [0.25, 0.3) is 16.6 Å². The Morgan fingerprint density at radius 3 is 2.57 bits per heavy atom. The van der Waals surface area contributed by atoms with E-state index in [2.05, 4.69) is 9.97 Å². The standard InChI is InChI=1S/C22H19FN4O3/c1-26-11-10-15-14-4-2-3-5-16(14)24-18(15)19(26)17-20(28)25-22(30)27(21(17)29)13-8-6-12(23)7-9-13/h2-9,19,24,29H,10-11H2,1H3,(H,25,28,30). The number of fused-ring (bicyclic) bond motifs is 3. The van der Waals surface area contributed by atoms with Gasteiger partial charge < -0.3 is 10.1 Å². The van der Waals surface area contributed by atoms with Gasteiger partial charge in [0, 0.05) is 23.1 Å². The summed E-state index contributed by atoms with van der Waals surface area (Å²) in [5, 5.41) is 12.1. The normalized spacial score (nSPS) is 16.7. The van der Waals surface area contributed by atoms with Crippen molar-refractivity contribution in [2.24, 2.45) is 0 Å². The zero-order valence-corrected chi connectivity index (χ0v) is 16.1. The molecule has 4 aromatic rings. The molecule has 0 fully saturated rings. The molecule has 0 bridgehead atoms. The smallest absolute Gasteiger partial charge is 0.335 e. The highest BCUT2D eigenvalue weighted by Gasteiger charge is 2.34. The fourth-order valence-corrected chi connectivity index (χ4v) is 4.34. The topological polar surface area (TPSA) is 94.1 Å². The van der Waals surface area contributed by atoms with Gasteiger partial charge in [-0.3, -0.25) is 14.7 Å². The molecule has 1 unspecified atom stereocenters. The second-order valence-corrected chi connectivity index (χ2v) is 7.50. The third-order valence-corrected chi connectivity index (χ3v) is 5.75. The van der Waals surface area contributed by atoms with Crippen molar-refractivity contribution >= 4 is 10.9 Å². The summed E-state index contributed by atoms with van der Waals surface area (Å²) in [6.07, 6.45) is 0.794. The first-order valence-electron chi connectivity index (χ1n) is 9.59. The molecule has 0 spiro atoms. The highest BCUT2D eigenvalue weighted by Crippen LogP contribution is 2.38. The number of aromatic amines is 2. The number of H-pyrrole nitrogens is 2. The summed E-state index contributed by atoms with van der Waals surface area (Å²) in [5.74, 6) is -0.926. The maximum Gasteiger partial charge on any atom is 0.335 e. The Hall–Kier alpha value is -3.65. The van der Waals surface area contributed by atoms with E-state index in [9.17, 15) is 19.1 Å². The van der Waals surface area contributed by atoms with E-state index in [1.54, 1.807) is 0 Å². The minimum atomic E-state index is -0.789. The van der Waals surface area contributed by atoms with E-state index < -0.39 is 29.0 Å². The summed E-state index contributed by atoms with van der Waals surface area (Å²) in [7, 11) is 1.87. The summed E-state index contributed by atoms with van der Waals surface area (Å²) >= 11 is 0. The zero-order chi connectivity index (χ0) is 21.0. The SMILES string of the molecule is CN1CCc2c([nH]c3ccccc23)C1c1c(O)n(-c2ccc(F)cc2)c(=O)[nH]c1=O. The molecule has 152 valence electrons. The molecular formula is C22H19FN4O3. The van der Waals surface area contributed by atoms with Gasteiger partial charge in [0.2, 0.25) is 5.88 Å². The van der Waals surface area contributed by atoms with Gasteiger partial charge in [-0.25, -0.2) is 13.8 Å². The van der Waals surface area contributed by atoms with Crippen LogP contribution in [0.2, 0.25) is 0 Å². The van der Waals surface area contributed by atoms with Crippen molar-refractivity contribution in [3.05, 3.63) is 92.0 Å². The van der Waals surface area contributed by atoms with Crippen molar-refractivity contribution in [1.29, 1.82) is 0 Å². The van der Waals surface area contributed by atoms with Gasteiger partial charge in [0.25, 0.3) is 5.56 Å². The van der Waals surface area contributed by atoms with E-state index in [1.165, 1.54) is 24.3 Å². The summed E-state index contributed by atoms with van der Waals surface area (Å²) in [4.78, 5) is 33.0. The van der Waals surface area contributed by atoms with Crippen LogP contribution in [-0.4, -0.2) is 38.1 Å². The third-order valence-electron chi connectivity index (χ3n) is 5.75. The van der Waals surface area contributed by atoms with Crippen molar-refractivity contribution in [2.45, 2.75) is 12.5 Å². The lowest BCUT2D eigenvalue weighted by Gasteiger charge is -2.33. The van der Waals surface area contributed by atoms with Crippen molar-refractivity contribution < 1.29 is 9.50 Å². The molecule has 1 atom stereocenters. The van der Waals surface area contributed by atoms with Crippen LogP contribution in [0.1, 0.15) is 22.9 Å². The Morgan fingerprint density at radius 1 is 1.07 bits per heavy atom. The molecule has 8 heteroatoms. The van der Waals surface area contributed by atoms with Crippen LogP contribution in [0.3, 0.4) is 0 Å². The average Bonchev–Trinajstić information content (AvgIpc) is 3.09. The van der Waals surface area contributed by atoms with Crippen molar-refractivity contribution in [3.8, 4) is 11.6 Å². The Labute approximate surface area is 170 Å². The van der Waals surface area contributed by atoms with Crippen molar-refractivity contribution in [2.75, 3.05) is 13.6 Å². The number of nitrogens with one attached hydrogen (secondary N) is 2. The van der Waals surface area contributed by atoms with Crippen LogP contribution in [-0.2, 0) is 6.42 Å². The molecule has 7 nitrogen and oxygen atoms in total. The van der Waals surface area contributed by atoms with Crippen molar-refractivity contribution in [1.82, 2.24) is 19.4 Å². The van der Waals surface area contributed by atoms with Crippen LogP contribution in [0.5, 0.6) is 5.88 Å². The van der Waals surface area contributed by atoms with E-state index in [1.807, 2.05) is 36.2 Å². The van der Waals surface area contributed by atoms with Crippen LogP contribution >= 0.6 is 0 Å². The molecule has 1 aliphatic rings. The first-order valence-corrected chi connectivity index (χ1v) is 9.59. The molecule has 0 radical (unpaired) electrons. The summed E-state index contributed by atoms with van der Waals surface area (Å²) in [6.45, 7) is 0.675. The van der Waals surface area contributed by atoms with Gasteiger partial charge in [-0.1, -0.05) is 18.2 Å². The lowest BCUT2D eigenvalue weighted by molar-refractivity contribution is 0.252. The molecule has 3 heterocycles. The first kappa shape index (κ1) is 18.4. The Kier molecular flexibility index (Phi) is 4.11. The fraction of sp³-hybridized carbons (Fsp3) is 0.182. The summed E-state index contributed by atoms with van der Waals surface area (Å²) < 4.78 is 14.3. The molecule has 0 saturated heterocycles. The first-order chi connectivity index (χ1) is 14.5. The Bertz CT molecular complexity index is 1380. The van der Waals surface area contributed by atoms with Gasteiger partial charge in [0.1, 0.15) is 11.4 Å². The third kappa shape index (κ3) is 2.68. The highest BCUT2D eigenvalue weighted by molar-refractivity contribution is 5.85. The Balaban J connectivity index is 1.77. The van der Waals surface area contributed by atoms with Gasteiger partial charge in [0.15, 0.2) is 0 Å². The highest BCUT2D eigenvalue weighted by atomic mass is 19.1. The molecule has 5 rings (SSSR count). The summed E-state index contributed by atoms with van der Waals surface area (Å²) in [5.41, 5.74) is 1.73. The molecule has 2 aromatic carbocycles. The molecular weight excluding hydrogens is 387 g/mol. The minimum Gasteiger partial charge on any atom is -0.494 e. The maximum atomic E-state index is 13.3. The number of hydrogen-bond donors (Lipinski definition) is 3. The van der Waals surface area contributed by atoms with Gasteiger partial charge in [-0.15, -0.1) is 0 Å². The molecule has 0 saturated carbocycles. The maximum absolute atomic E-state index is 13.3. The number of likely N-dealkylation sites (N-methyl/N-ethyl adjacent to an activating group) is 1. The van der Waals surface area contributed by atoms with E-state index in [4.69, 9.17) is 0 Å². The molecule has 30 heavy (non-hydrogen) atoms. The number of hydrogen-bond acceptors (Lipinski definition) is 4. The Morgan fingerprint density at radius 2 is 1.80 bits per heavy atom. The second-order valence-electron chi connectivity index (χ2n) is 7.50.